The van der Waals surface area contributed by atoms with E-state index in [0.29, 0.717) is 19.6 Å². The molecule has 6 nitrogen and oxygen atoms in total. The summed E-state index contributed by atoms with van der Waals surface area (Å²) in [7, 11) is 0. The lowest BCUT2D eigenvalue weighted by atomic mass is 9.90. The maximum absolute atomic E-state index is 12.3. The SMILES string of the molecule is O=C(O)CN1C=CC2(CC1)C(=O)NCN2c1ccccc1. The van der Waals surface area contributed by atoms with Gasteiger partial charge in [-0.25, -0.2) is 0 Å². The molecule has 1 fully saturated rings. The Kier molecular flexibility index (Phi) is 3.29. The van der Waals surface area contributed by atoms with E-state index >= 15 is 0 Å². The van der Waals surface area contributed by atoms with Gasteiger partial charge in [0.25, 0.3) is 5.91 Å². The highest BCUT2D eigenvalue weighted by Crippen LogP contribution is 2.34. The second kappa shape index (κ2) is 5.12. The summed E-state index contributed by atoms with van der Waals surface area (Å²) < 4.78 is 0. The van der Waals surface area contributed by atoms with E-state index in [0.717, 1.165) is 5.69 Å². The average Bonchev–Trinajstić information content (AvgIpc) is 2.79. The summed E-state index contributed by atoms with van der Waals surface area (Å²) in [5.74, 6) is -0.899. The van der Waals surface area contributed by atoms with Gasteiger partial charge in [-0.1, -0.05) is 18.2 Å². The van der Waals surface area contributed by atoms with Gasteiger partial charge in [0.2, 0.25) is 0 Å². The molecule has 21 heavy (non-hydrogen) atoms. The minimum Gasteiger partial charge on any atom is -0.480 e. The molecule has 1 aromatic rings. The predicted molar refractivity (Wildman–Crippen MR) is 77.6 cm³/mol. The molecule has 1 amide bonds. The van der Waals surface area contributed by atoms with E-state index in [2.05, 4.69) is 5.32 Å². The first-order valence-electron chi connectivity index (χ1n) is 6.88. The topological polar surface area (TPSA) is 72.9 Å². The molecule has 0 radical (unpaired) electrons. The van der Waals surface area contributed by atoms with Crippen LogP contribution in [0.25, 0.3) is 0 Å². The second-order valence-electron chi connectivity index (χ2n) is 5.28. The Morgan fingerprint density at radius 2 is 2.10 bits per heavy atom. The van der Waals surface area contributed by atoms with Gasteiger partial charge in [0.1, 0.15) is 12.1 Å². The third-order valence-corrected chi connectivity index (χ3v) is 4.02. The molecule has 1 saturated heterocycles. The number of para-hydroxylation sites is 1. The number of nitrogens with one attached hydrogen (secondary N) is 1. The van der Waals surface area contributed by atoms with Crippen LogP contribution < -0.4 is 10.2 Å². The first kappa shape index (κ1) is 13.5. The summed E-state index contributed by atoms with van der Waals surface area (Å²) in [5, 5.41) is 11.7. The van der Waals surface area contributed by atoms with Gasteiger partial charge in [-0.2, -0.15) is 0 Å². The van der Waals surface area contributed by atoms with Crippen LogP contribution in [0, 0.1) is 0 Å². The standard InChI is InChI=1S/C15H17N3O3/c19-13(20)10-17-8-6-15(7-9-17)14(21)16-11-18(15)12-4-2-1-3-5-12/h1-6,8H,7,9-11H2,(H,16,21)(H,19,20). The van der Waals surface area contributed by atoms with E-state index < -0.39 is 11.5 Å². The Morgan fingerprint density at radius 1 is 1.33 bits per heavy atom. The van der Waals surface area contributed by atoms with Crippen molar-refractivity contribution in [3.63, 3.8) is 0 Å². The molecule has 0 bridgehead atoms. The lowest BCUT2D eigenvalue weighted by Gasteiger charge is -2.39. The van der Waals surface area contributed by atoms with Crippen LogP contribution in [0.15, 0.2) is 42.6 Å². The third kappa shape index (κ3) is 2.33. The number of carboxylic acids is 1. The second-order valence-corrected chi connectivity index (χ2v) is 5.28. The van der Waals surface area contributed by atoms with Crippen LogP contribution >= 0.6 is 0 Å². The maximum Gasteiger partial charge on any atom is 0.323 e. The quantitative estimate of drug-likeness (QED) is 0.853. The predicted octanol–water partition coefficient (Wildman–Crippen LogP) is 0.623. The van der Waals surface area contributed by atoms with Crippen LogP contribution in [-0.4, -0.2) is 47.2 Å². The highest BCUT2D eigenvalue weighted by atomic mass is 16.4. The van der Waals surface area contributed by atoms with Crippen molar-refractivity contribution in [1.82, 2.24) is 10.2 Å². The highest BCUT2D eigenvalue weighted by molar-refractivity contribution is 5.95. The molecule has 110 valence electrons. The van der Waals surface area contributed by atoms with E-state index in [1.165, 1.54) is 0 Å². The molecule has 1 aromatic carbocycles. The average molecular weight is 287 g/mol. The number of benzene rings is 1. The number of carboxylic acid groups (broad SMARTS) is 1. The van der Waals surface area contributed by atoms with Gasteiger partial charge in [-0.05, 0) is 24.4 Å². The van der Waals surface area contributed by atoms with E-state index in [4.69, 9.17) is 5.11 Å². The summed E-state index contributed by atoms with van der Waals surface area (Å²) in [4.78, 5) is 26.8. The molecular weight excluding hydrogens is 270 g/mol. The number of anilines is 1. The molecule has 0 aliphatic carbocycles. The van der Waals surface area contributed by atoms with Crippen molar-refractivity contribution < 1.29 is 14.7 Å². The molecule has 1 unspecified atom stereocenters. The van der Waals surface area contributed by atoms with Crippen molar-refractivity contribution in [2.75, 3.05) is 24.7 Å². The number of amides is 1. The fourth-order valence-corrected chi connectivity index (χ4v) is 2.92. The van der Waals surface area contributed by atoms with E-state index in [-0.39, 0.29) is 12.5 Å². The van der Waals surface area contributed by atoms with Gasteiger partial charge in [0.05, 0.1) is 6.67 Å². The van der Waals surface area contributed by atoms with Crippen molar-refractivity contribution in [2.24, 2.45) is 0 Å². The van der Waals surface area contributed by atoms with Crippen LogP contribution in [0.2, 0.25) is 0 Å². The number of carbonyl (C=O) groups excluding carboxylic acids is 1. The number of carbonyl (C=O) groups is 2. The van der Waals surface area contributed by atoms with Crippen molar-refractivity contribution in [1.29, 1.82) is 0 Å². The van der Waals surface area contributed by atoms with Gasteiger partial charge in [-0.15, -0.1) is 0 Å². The van der Waals surface area contributed by atoms with Crippen molar-refractivity contribution in [3.8, 4) is 0 Å². The van der Waals surface area contributed by atoms with E-state index in [1.807, 2.05) is 41.3 Å². The number of hydrogen-bond donors (Lipinski definition) is 2. The molecule has 6 heteroatoms. The summed E-state index contributed by atoms with van der Waals surface area (Å²) in [6, 6.07) is 9.76. The Labute approximate surface area is 122 Å². The van der Waals surface area contributed by atoms with Crippen LogP contribution in [0.3, 0.4) is 0 Å². The summed E-state index contributed by atoms with van der Waals surface area (Å²) in [6.45, 7) is 0.963. The smallest absolute Gasteiger partial charge is 0.323 e. The van der Waals surface area contributed by atoms with Gasteiger partial charge < -0.3 is 20.2 Å². The molecule has 0 saturated carbocycles. The summed E-state index contributed by atoms with van der Waals surface area (Å²) in [6.07, 6.45) is 4.10. The largest absolute Gasteiger partial charge is 0.480 e. The number of hydrogen-bond acceptors (Lipinski definition) is 4. The van der Waals surface area contributed by atoms with Gasteiger partial charge in [0, 0.05) is 18.7 Å². The lowest BCUT2D eigenvalue weighted by Crippen LogP contribution is -2.52. The zero-order chi connectivity index (χ0) is 14.9. The molecule has 0 aromatic heterocycles. The fourth-order valence-electron chi connectivity index (χ4n) is 2.92. The third-order valence-electron chi connectivity index (χ3n) is 4.02. The minimum absolute atomic E-state index is 0.0300. The first-order chi connectivity index (χ1) is 10.1. The Bertz CT molecular complexity index is 587. The first-order valence-corrected chi connectivity index (χ1v) is 6.88. The lowest BCUT2D eigenvalue weighted by molar-refractivity contribution is -0.137. The van der Waals surface area contributed by atoms with Crippen molar-refractivity contribution in [3.05, 3.63) is 42.6 Å². The zero-order valence-electron chi connectivity index (χ0n) is 11.5. The van der Waals surface area contributed by atoms with Crippen LogP contribution in [0.1, 0.15) is 6.42 Å². The maximum atomic E-state index is 12.3. The molecule has 2 aliphatic rings. The van der Waals surface area contributed by atoms with Crippen molar-refractivity contribution >= 4 is 17.6 Å². The van der Waals surface area contributed by atoms with Gasteiger partial charge >= 0.3 is 5.97 Å². The minimum atomic E-state index is -0.869. The Hall–Kier alpha value is -2.50. The molecule has 2 heterocycles. The fraction of sp³-hybridized carbons (Fsp3) is 0.333. The van der Waals surface area contributed by atoms with Crippen molar-refractivity contribution in [2.45, 2.75) is 12.0 Å². The van der Waals surface area contributed by atoms with Crippen LogP contribution in [0.5, 0.6) is 0 Å². The molecule has 1 spiro atoms. The molecule has 1 atom stereocenters. The zero-order valence-corrected chi connectivity index (χ0v) is 11.5. The van der Waals surface area contributed by atoms with Crippen LogP contribution in [-0.2, 0) is 9.59 Å². The number of nitrogens with zero attached hydrogens (tertiary/aromatic N) is 2. The molecule has 2 aliphatic heterocycles. The van der Waals surface area contributed by atoms with Crippen LogP contribution in [0.4, 0.5) is 5.69 Å². The van der Waals surface area contributed by atoms with Gasteiger partial charge in [0.15, 0.2) is 0 Å². The van der Waals surface area contributed by atoms with Gasteiger partial charge in [-0.3, -0.25) is 9.59 Å². The Balaban J connectivity index is 1.88. The normalized spacial score (nSPS) is 24.5. The molecule has 2 N–H and O–H groups in total. The number of rotatable bonds is 3. The number of aliphatic carboxylic acids is 1. The van der Waals surface area contributed by atoms with E-state index in [9.17, 15) is 9.59 Å². The monoisotopic (exact) mass is 287 g/mol. The molecular formula is C15H17N3O3. The highest BCUT2D eigenvalue weighted by Gasteiger charge is 2.48. The summed E-state index contributed by atoms with van der Waals surface area (Å²) >= 11 is 0. The molecule has 3 rings (SSSR count). The Morgan fingerprint density at radius 3 is 2.71 bits per heavy atom. The summed E-state index contributed by atoms with van der Waals surface area (Å²) in [5.41, 5.74) is 0.267. The van der Waals surface area contributed by atoms with E-state index in [1.54, 1.807) is 11.1 Å².